The number of allylic oxidation sites excluding steroid dienone is 1. The molecule has 4 heteroatoms. The van der Waals surface area contributed by atoms with Gasteiger partial charge in [-0.05, 0) is 0 Å². The first kappa shape index (κ1) is 31.5. The maximum absolute atomic E-state index is 2.64. The number of benzene rings is 5. The molecule has 5 aromatic carbocycles. The third kappa shape index (κ3) is 4.63. The van der Waals surface area contributed by atoms with Gasteiger partial charge in [-0.25, -0.2) is 0 Å². The van der Waals surface area contributed by atoms with Crippen molar-refractivity contribution < 1.29 is 45.7 Å². The van der Waals surface area contributed by atoms with Crippen molar-refractivity contribution in [3.05, 3.63) is 137 Å². The summed E-state index contributed by atoms with van der Waals surface area (Å²) in [7, 11) is 0. The second-order valence-electron chi connectivity index (χ2n) is 13.6. The van der Waals surface area contributed by atoms with E-state index in [2.05, 4.69) is 150 Å². The molecular weight excluding hydrogens is 671 g/mol. The summed E-state index contributed by atoms with van der Waals surface area (Å²) in [6.07, 6.45) is 2.64. The Kier molecular flexibility index (Phi) is 8.38. The molecule has 8 rings (SSSR count). The Bertz CT molecular complexity index is 1920. The minimum absolute atomic E-state index is 0. The molecule has 0 saturated carbocycles. The average Bonchev–Trinajstić information content (AvgIpc) is 3.52. The standard InChI is InChI=1S/C28H29.C12H8Si.2ClH.Zr/c1-19(2)23-13-9-10-14-24(23)27-25-18-22(20-11-7-6-8-12-20)17-21(25)15-16-26(27)28(3,4)5;1-3-7-11-9(5-1)10-6-2-4-8-12(10)13-11;;;/h6-19H,1-5H3;1-7,13H;2*1H;/q;;;;+2/p-2. The molecule has 5 aromatic rings. The summed E-state index contributed by atoms with van der Waals surface area (Å²) in [5, 5.41) is 3.53. The molecule has 44 heavy (non-hydrogen) atoms. The Morgan fingerprint density at radius 3 is 2.07 bits per heavy atom. The van der Waals surface area contributed by atoms with Gasteiger partial charge in [0.1, 0.15) is 0 Å². The fraction of sp³-hybridized carbons (Fsp3) is 0.200. The van der Waals surface area contributed by atoms with Crippen LogP contribution in [0.25, 0.3) is 33.9 Å². The Hall–Kier alpha value is -2.48. The molecule has 0 N–H and O–H groups in total. The zero-order chi connectivity index (χ0) is 28.7. The molecule has 2 atom stereocenters. The Morgan fingerprint density at radius 1 is 0.682 bits per heavy atom. The van der Waals surface area contributed by atoms with Crippen molar-refractivity contribution in [2.75, 3.05) is 0 Å². The molecule has 2 unspecified atom stereocenters. The van der Waals surface area contributed by atoms with Gasteiger partial charge in [0.15, 0.2) is 0 Å². The Morgan fingerprint density at radius 2 is 1.34 bits per heavy atom. The number of halogens is 2. The van der Waals surface area contributed by atoms with E-state index in [9.17, 15) is 0 Å². The van der Waals surface area contributed by atoms with E-state index in [-0.39, 0.29) is 30.2 Å². The molecule has 0 fully saturated rings. The van der Waals surface area contributed by atoms with Gasteiger partial charge in [0.05, 0.1) is 0 Å². The zero-order valence-corrected chi connectivity index (χ0v) is 31.1. The van der Waals surface area contributed by atoms with Crippen molar-refractivity contribution in [3.8, 4) is 22.3 Å². The van der Waals surface area contributed by atoms with Crippen LogP contribution in [0.15, 0.2) is 109 Å². The molecule has 219 valence electrons. The maximum Gasteiger partial charge on any atom is -1.00 e. The van der Waals surface area contributed by atoms with Crippen molar-refractivity contribution in [1.82, 2.24) is 0 Å². The predicted molar refractivity (Wildman–Crippen MR) is 180 cm³/mol. The molecule has 0 bridgehead atoms. The van der Waals surface area contributed by atoms with E-state index in [0.717, 1.165) is 0 Å². The molecule has 3 aliphatic rings. The van der Waals surface area contributed by atoms with Gasteiger partial charge in [-0.2, -0.15) is 0 Å². The van der Waals surface area contributed by atoms with E-state index in [0.29, 0.717) is 9.54 Å². The first-order valence-electron chi connectivity index (χ1n) is 15.5. The van der Waals surface area contributed by atoms with E-state index in [4.69, 9.17) is 0 Å². The maximum atomic E-state index is 2.64. The largest absolute Gasteiger partial charge is 1.00 e. The van der Waals surface area contributed by atoms with Gasteiger partial charge in [-0.15, -0.1) is 0 Å². The molecule has 0 amide bonds. The summed E-state index contributed by atoms with van der Waals surface area (Å²) in [6.45, 7) is 11.8. The first-order chi connectivity index (χ1) is 20.3. The molecule has 0 radical (unpaired) electrons. The van der Waals surface area contributed by atoms with Gasteiger partial charge >= 0.3 is 261 Å². The monoisotopic (exact) mass is 705 g/mol. The first-order valence-corrected chi connectivity index (χ1v) is 24.1. The summed E-state index contributed by atoms with van der Waals surface area (Å²) < 4.78 is 2.36. The summed E-state index contributed by atoms with van der Waals surface area (Å²) in [4.78, 5) is 0. The molecule has 0 spiro atoms. The molecule has 2 heterocycles. The number of hydrogen-bond donors (Lipinski definition) is 0. The second-order valence-corrected chi connectivity index (χ2v) is 28.6. The van der Waals surface area contributed by atoms with Crippen LogP contribution in [-0.2, 0) is 26.3 Å². The number of hydrogen-bond acceptors (Lipinski definition) is 0. The van der Waals surface area contributed by atoms with E-state index in [1.165, 1.54) is 33.4 Å². The van der Waals surface area contributed by atoms with Crippen LogP contribution in [0.3, 0.4) is 0 Å². The molecule has 0 saturated heterocycles. The molecule has 0 nitrogen and oxygen atoms in total. The molecule has 2 aliphatic heterocycles. The van der Waals surface area contributed by atoms with Crippen LogP contribution in [-0.4, -0.2) is 5.92 Å². The van der Waals surface area contributed by atoms with Gasteiger partial charge in [-0.1, -0.05) is 0 Å². The third-order valence-electron chi connectivity index (χ3n) is 9.86. The normalized spacial score (nSPS) is 17.1. The van der Waals surface area contributed by atoms with Gasteiger partial charge in [0.25, 0.3) is 0 Å². The smallest absolute Gasteiger partial charge is 1.00 e. The van der Waals surface area contributed by atoms with Crippen LogP contribution in [0.4, 0.5) is 0 Å². The topological polar surface area (TPSA) is 0 Å². The molecular formula is C40H37Cl2SiZr. The number of fused-ring (bicyclic) bond motifs is 4. The van der Waals surface area contributed by atoms with Gasteiger partial charge in [0.2, 0.25) is 0 Å². The van der Waals surface area contributed by atoms with Crippen LogP contribution >= 0.6 is 0 Å². The van der Waals surface area contributed by atoms with Gasteiger partial charge in [0, 0.05) is 0 Å². The molecule has 0 aromatic heterocycles. The average molecular weight is 708 g/mol. The predicted octanol–water partition coefficient (Wildman–Crippen LogP) is 2.15. The van der Waals surface area contributed by atoms with Crippen molar-refractivity contribution in [3.63, 3.8) is 0 Å². The van der Waals surface area contributed by atoms with E-state index < -0.39 is 26.8 Å². The number of rotatable bonds is 4. The minimum Gasteiger partial charge on any atom is -1.00 e. The SMILES string of the molecule is CC(C)c1ccccc1-c1c(C(C)(C)C)ccc2c1C=C(c1ccccc1)[CH]2[Zr+2]1[c]2cccc3c2[SiH]1c1ccccc1-3.[Cl-].[Cl-]. The van der Waals surface area contributed by atoms with Crippen LogP contribution in [0.2, 0.25) is 0 Å². The van der Waals surface area contributed by atoms with Crippen molar-refractivity contribution in [2.24, 2.45) is 0 Å². The molecule has 1 aliphatic carbocycles. The fourth-order valence-corrected chi connectivity index (χ4v) is 33.9. The van der Waals surface area contributed by atoms with E-state index in [1.807, 2.05) is 0 Å². The van der Waals surface area contributed by atoms with Gasteiger partial charge < -0.3 is 24.8 Å². The Balaban J connectivity index is 0.00000171. The van der Waals surface area contributed by atoms with Crippen LogP contribution < -0.4 is 38.5 Å². The van der Waals surface area contributed by atoms with Crippen molar-refractivity contribution >= 4 is 31.2 Å². The minimum atomic E-state index is -2.14. The van der Waals surface area contributed by atoms with E-state index in [1.54, 1.807) is 35.9 Å². The Labute approximate surface area is 283 Å². The van der Waals surface area contributed by atoms with Crippen LogP contribution in [0.5, 0.6) is 0 Å². The van der Waals surface area contributed by atoms with Crippen LogP contribution in [0.1, 0.15) is 72.0 Å². The zero-order valence-electron chi connectivity index (χ0n) is 26.0. The second kappa shape index (κ2) is 11.7. The van der Waals surface area contributed by atoms with Gasteiger partial charge in [-0.3, -0.25) is 0 Å². The summed E-state index contributed by atoms with van der Waals surface area (Å²) in [5.74, 6) is -0.708. The quantitative estimate of drug-likeness (QED) is 0.252. The van der Waals surface area contributed by atoms with Crippen molar-refractivity contribution in [1.29, 1.82) is 0 Å². The fourth-order valence-electron chi connectivity index (χ4n) is 8.04. The summed E-state index contributed by atoms with van der Waals surface area (Å²) in [6, 6.07) is 42.3. The van der Waals surface area contributed by atoms with Crippen molar-refractivity contribution in [2.45, 2.75) is 49.6 Å². The van der Waals surface area contributed by atoms with Crippen LogP contribution in [0, 0.1) is 0 Å². The summed E-state index contributed by atoms with van der Waals surface area (Å²) >= 11 is -2.14. The third-order valence-corrected chi connectivity index (χ3v) is 32.0. The van der Waals surface area contributed by atoms with E-state index >= 15 is 0 Å². The summed E-state index contributed by atoms with van der Waals surface area (Å²) in [5.41, 5.74) is 15.1.